The highest BCUT2D eigenvalue weighted by atomic mass is 16.5. The van der Waals surface area contributed by atoms with Crippen molar-refractivity contribution in [3.63, 3.8) is 0 Å². The summed E-state index contributed by atoms with van der Waals surface area (Å²) >= 11 is 0. The average Bonchev–Trinajstić information content (AvgIpc) is 2.79. The quantitative estimate of drug-likeness (QED) is 0.494. The zero-order valence-corrected chi connectivity index (χ0v) is 18.8. The van der Waals surface area contributed by atoms with Crippen LogP contribution >= 0.6 is 0 Å². The molecule has 0 aliphatic carbocycles. The largest absolute Gasteiger partial charge is 0.494 e. The van der Waals surface area contributed by atoms with E-state index >= 15 is 0 Å². The maximum atomic E-state index is 13.5. The minimum absolute atomic E-state index is 0.0642. The molecule has 0 N–H and O–H groups in total. The normalized spacial score (nSPS) is 12.0. The molecule has 1 heterocycles. The number of fused-ring (bicyclic) bond motifs is 1. The van der Waals surface area contributed by atoms with Gasteiger partial charge in [-0.2, -0.15) is 0 Å². The second-order valence-corrected chi connectivity index (χ2v) is 7.59. The van der Waals surface area contributed by atoms with Gasteiger partial charge in [0.2, 0.25) is 5.91 Å². The summed E-state index contributed by atoms with van der Waals surface area (Å²) in [6.07, 6.45) is 2.94. The summed E-state index contributed by atoms with van der Waals surface area (Å²) in [5.41, 5.74) is 1.20. The zero-order valence-electron chi connectivity index (χ0n) is 18.8. The molecule has 0 saturated carbocycles. The van der Waals surface area contributed by atoms with Crippen LogP contribution in [-0.4, -0.2) is 34.0 Å². The fraction of sp³-hybridized carbons (Fsp3) is 0.400. The Kier molecular flexibility index (Phi) is 7.45. The fourth-order valence-electron chi connectivity index (χ4n) is 3.79. The SMILES string of the molecule is CCCCC(=O)N(C)C(CC)c1nc2ccccc2c(=O)n1-c1ccc(OCC)cc1. The molecule has 1 unspecified atom stereocenters. The molecule has 6 nitrogen and oxygen atoms in total. The number of unbranched alkanes of at least 4 members (excludes halogenated alkanes) is 1. The molecule has 0 aliphatic heterocycles. The Morgan fingerprint density at radius 3 is 2.45 bits per heavy atom. The van der Waals surface area contributed by atoms with Crippen molar-refractivity contribution in [3.8, 4) is 11.4 Å². The molecule has 3 aromatic rings. The smallest absolute Gasteiger partial charge is 0.266 e. The highest BCUT2D eigenvalue weighted by Crippen LogP contribution is 2.26. The summed E-state index contributed by atoms with van der Waals surface area (Å²) in [4.78, 5) is 32.9. The van der Waals surface area contributed by atoms with Gasteiger partial charge in [0.05, 0.1) is 29.2 Å². The van der Waals surface area contributed by atoms with Crippen LogP contribution in [0.4, 0.5) is 0 Å². The van der Waals surface area contributed by atoms with E-state index in [1.54, 1.807) is 22.6 Å². The average molecular weight is 422 g/mol. The summed E-state index contributed by atoms with van der Waals surface area (Å²) in [5, 5.41) is 0.551. The van der Waals surface area contributed by atoms with Gasteiger partial charge in [0.15, 0.2) is 0 Å². The second-order valence-electron chi connectivity index (χ2n) is 7.59. The van der Waals surface area contributed by atoms with E-state index in [1.807, 2.05) is 56.3 Å². The van der Waals surface area contributed by atoms with E-state index in [9.17, 15) is 9.59 Å². The van der Waals surface area contributed by atoms with Gasteiger partial charge in [0, 0.05) is 13.5 Å². The molecule has 1 atom stereocenters. The lowest BCUT2D eigenvalue weighted by atomic mass is 10.1. The number of hydrogen-bond donors (Lipinski definition) is 0. The number of benzene rings is 2. The molecule has 0 spiro atoms. The Balaban J connectivity index is 2.17. The zero-order chi connectivity index (χ0) is 22.4. The van der Waals surface area contributed by atoms with Gasteiger partial charge >= 0.3 is 0 Å². The maximum Gasteiger partial charge on any atom is 0.266 e. The highest BCUT2D eigenvalue weighted by molar-refractivity contribution is 5.79. The fourth-order valence-corrected chi connectivity index (χ4v) is 3.79. The number of amides is 1. The number of nitrogens with zero attached hydrogens (tertiary/aromatic N) is 3. The van der Waals surface area contributed by atoms with Crippen LogP contribution in [0.1, 0.15) is 58.3 Å². The number of carbonyl (C=O) groups is 1. The topological polar surface area (TPSA) is 64.4 Å². The molecule has 3 rings (SSSR count). The van der Waals surface area contributed by atoms with E-state index < -0.39 is 0 Å². The minimum atomic E-state index is -0.312. The molecule has 0 radical (unpaired) electrons. The summed E-state index contributed by atoms with van der Waals surface area (Å²) in [6, 6.07) is 14.4. The Labute approximate surface area is 183 Å². The molecule has 1 amide bonds. The molecule has 0 fully saturated rings. The van der Waals surface area contributed by atoms with Gasteiger partial charge in [-0.25, -0.2) is 4.98 Å². The maximum absolute atomic E-state index is 13.5. The molecule has 0 saturated heterocycles. The van der Waals surface area contributed by atoms with Crippen molar-refractivity contribution in [1.29, 1.82) is 0 Å². The van der Waals surface area contributed by atoms with Crippen molar-refractivity contribution in [1.82, 2.24) is 14.5 Å². The standard InChI is InChI=1S/C25H31N3O3/c1-5-8-13-23(29)27(4)22(6-2)24-26-21-12-10-9-11-20(21)25(30)28(24)18-14-16-19(17-15-18)31-7-3/h9-12,14-17,22H,5-8,13H2,1-4H3. The molecule has 1 aromatic heterocycles. The molecular formula is C25H31N3O3. The van der Waals surface area contributed by atoms with Crippen LogP contribution in [0.5, 0.6) is 5.75 Å². The summed E-state index contributed by atoms with van der Waals surface area (Å²) < 4.78 is 7.18. The Morgan fingerprint density at radius 2 is 1.81 bits per heavy atom. The van der Waals surface area contributed by atoms with E-state index in [-0.39, 0.29) is 17.5 Å². The van der Waals surface area contributed by atoms with Gasteiger partial charge in [0.25, 0.3) is 5.56 Å². The van der Waals surface area contributed by atoms with E-state index in [4.69, 9.17) is 9.72 Å². The van der Waals surface area contributed by atoms with Crippen molar-refractivity contribution >= 4 is 16.8 Å². The second kappa shape index (κ2) is 10.2. The van der Waals surface area contributed by atoms with Crippen molar-refractivity contribution in [3.05, 3.63) is 64.7 Å². The van der Waals surface area contributed by atoms with Gasteiger partial charge < -0.3 is 9.64 Å². The van der Waals surface area contributed by atoms with Crippen LogP contribution in [0.2, 0.25) is 0 Å². The van der Waals surface area contributed by atoms with Crippen molar-refractivity contribution < 1.29 is 9.53 Å². The molecule has 164 valence electrons. The molecule has 0 bridgehead atoms. The number of hydrogen-bond acceptors (Lipinski definition) is 4. The van der Waals surface area contributed by atoms with E-state index in [1.165, 1.54) is 0 Å². The van der Waals surface area contributed by atoms with E-state index in [0.717, 1.165) is 18.6 Å². The third-order valence-electron chi connectivity index (χ3n) is 5.50. The van der Waals surface area contributed by atoms with E-state index in [2.05, 4.69) is 6.92 Å². The summed E-state index contributed by atoms with van der Waals surface area (Å²) in [6.45, 7) is 6.59. The first kappa shape index (κ1) is 22.5. The van der Waals surface area contributed by atoms with Gasteiger partial charge in [-0.05, 0) is 56.2 Å². The summed E-state index contributed by atoms with van der Waals surface area (Å²) in [5.74, 6) is 1.38. The summed E-state index contributed by atoms with van der Waals surface area (Å²) in [7, 11) is 1.80. The third kappa shape index (κ3) is 4.79. The lowest BCUT2D eigenvalue weighted by Gasteiger charge is -2.29. The Morgan fingerprint density at radius 1 is 1.10 bits per heavy atom. The first-order valence-electron chi connectivity index (χ1n) is 11.0. The monoisotopic (exact) mass is 421 g/mol. The van der Waals surface area contributed by atoms with Crippen molar-refractivity contribution in [2.45, 2.75) is 52.5 Å². The lowest BCUT2D eigenvalue weighted by Crippen LogP contribution is -2.35. The first-order valence-corrected chi connectivity index (χ1v) is 11.0. The van der Waals surface area contributed by atoms with Gasteiger partial charge in [-0.3, -0.25) is 14.2 Å². The minimum Gasteiger partial charge on any atom is -0.494 e. The first-order chi connectivity index (χ1) is 15.0. The van der Waals surface area contributed by atoms with Crippen LogP contribution in [0, 0.1) is 0 Å². The van der Waals surface area contributed by atoms with Gasteiger partial charge in [-0.1, -0.05) is 32.4 Å². The highest BCUT2D eigenvalue weighted by Gasteiger charge is 2.26. The van der Waals surface area contributed by atoms with Crippen LogP contribution < -0.4 is 10.3 Å². The van der Waals surface area contributed by atoms with Crippen LogP contribution in [0.15, 0.2) is 53.3 Å². The molecule has 6 heteroatoms. The Hall–Kier alpha value is -3.15. The molecule has 31 heavy (non-hydrogen) atoms. The van der Waals surface area contributed by atoms with Gasteiger partial charge in [-0.15, -0.1) is 0 Å². The molecule has 0 aliphatic rings. The predicted molar refractivity (Wildman–Crippen MR) is 124 cm³/mol. The number of para-hydroxylation sites is 1. The molecular weight excluding hydrogens is 390 g/mol. The molecule has 2 aromatic carbocycles. The Bertz CT molecular complexity index is 1090. The number of aromatic nitrogens is 2. The predicted octanol–water partition coefficient (Wildman–Crippen LogP) is 4.88. The number of ether oxygens (including phenoxy) is 1. The number of rotatable bonds is 9. The third-order valence-corrected chi connectivity index (χ3v) is 5.50. The van der Waals surface area contributed by atoms with Crippen molar-refractivity contribution in [2.75, 3.05) is 13.7 Å². The van der Waals surface area contributed by atoms with Crippen molar-refractivity contribution in [2.24, 2.45) is 0 Å². The van der Waals surface area contributed by atoms with Crippen LogP contribution in [-0.2, 0) is 4.79 Å². The van der Waals surface area contributed by atoms with E-state index in [0.29, 0.717) is 41.9 Å². The van der Waals surface area contributed by atoms with Crippen LogP contribution in [0.3, 0.4) is 0 Å². The van der Waals surface area contributed by atoms with Gasteiger partial charge in [0.1, 0.15) is 11.6 Å². The van der Waals surface area contributed by atoms with Crippen LogP contribution in [0.25, 0.3) is 16.6 Å². The number of carbonyl (C=O) groups excluding carboxylic acids is 1. The lowest BCUT2D eigenvalue weighted by molar-refractivity contribution is -0.132.